The van der Waals surface area contributed by atoms with E-state index in [2.05, 4.69) is 41.2 Å². The Morgan fingerprint density at radius 1 is 0.786 bits per heavy atom. The van der Waals surface area contributed by atoms with Crippen LogP contribution in [0.4, 0.5) is 8.78 Å². The standard InChI is InChI=1S/C19H18F2N2.C6H8N2.C4H9NO.C3H8.C2H6/c1-2-3-12-23-19(15-6-10-17(21)11-7-15)13-18(22-23)14-4-8-16(20)9-5-14;1-5-3-6(2)8-4-7-5;1-2-3-5-4-6;1-3-2;1-2/h4-11,13H,2-3,12H2,1H3;3-4H,1-2H3;4H,2-3H2,1H3,(H,5,6);3H2,1-2H3;1-2H3. The third kappa shape index (κ3) is 15.7. The first-order chi connectivity index (χ1) is 20.3. The van der Waals surface area contributed by atoms with Crippen LogP contribution in [0.2, 0.25) is 0 Å². The van der Waals surface area contributed by atoms with Crippen molar-refractivity contribution in [1.82, 2.24) is 25.1 Å². The molecule has 0 aliphatic heterocycles. The number of unbranched alkanes of at least 4 members (excludes halogenated alkanes) is 1. The van der Waals surface area contributed by atoms with E-state index >= 15 is 0 Å². The van der Waals surface area contributed by atoms with E-state index in [4.69, 9.17) is 0 Å². The van der Waals surface area contributed by atoms with Gasteiger partial charge in [-0.1, -0.05) is 54.4 Å². The Labute approximate surface area is 251 Å². The molecule has 42 heavy (non-hydrogen) atoms. The van der Waals surface area contributed by atoms with Gasteiger partial charge in [-0.05, 0) is 87.4 Å². The van der Waals surface area contributed by atoms with Crippen LogP contribution in [0.25, 0.3) is 22.5 Å². The number of halogens is 2. The van der Waals surface area contributed by atoms with Crippen LogP contribution in [-0.4, -0.2) is 32.7 Å². The molecule has 0 radical (unpaired) electrons. The van der Waals surface area contributed by atoms with E-state index in [1.165, 1.54) is 30.7 Å². The molecule has 1 amide bonds. The molecule has 0 saturated carbocycles. The van der Waals surface area contributed by atoms with Crippen molar-refractivity contribution in [1.29, 1.82) is 0 Å². The maximum Gasteiger partial charge on any atom is 0.207 e. The highest BCUT2D eigenvalue weighted by Gasteiger charge is 2.11. The van der Waals surface area contributed by atoms with Crippen molar-refractivity contribution in [3.05, 3.63) is 90.0 Å². The Hall–Kier alpha value is -3.94. The van der Waals surface area contributed by atoms with Crippen LogP contribution in [-0.2, 0) is 11.3 Å². The van der Waals surface area contributed by atoms with Crippen LogP contribution in [0.3, 0.4) is 0 Å². The zero-order valence-corrected chi connectivity index (χ0v) is 26.6. The lowest BCUT2D eigenvalue weighted by Gasteiger charge is -2.06. The number of nitrogens with one attached hydrogen (secondary N) is 1. The molecular weight excluding hydrogens is 532 g/mol. The van der Waals surface area contributed by atoms with Crippen molar-refractivity contribution in [3.63, 3.8) is 0 Å². The van der Waals surface area contributed by atoms with Crippen LogP contribution in [0, 0.1) is 25.5 Å². The number of hydrogen-bond donors (Lipinski definition) is 1. The van der Waals surface area contributed by atoms with Gasteiger partial charge in [-0.25, -0.2) is 18.7 Å². The number of nitrogens with zero attached hydrogens (tertiary/aromatic N) is 4. The number of benzene rings is 2. The van der Waals surface area contributed by atoms with Gasteiger partial charge >= 0.3 is 0 Å². The monoisotopic (exact) mass is 581 g/mol. The van der Waals surface area contributed by atoms with Gasteiger partial charge in [0.15, 0.2) is 0 Å². The molecule has 0 atom stereocenters. The van der Waals surface area contributed by atoms with E-state index in [9.17, 15) is 13.6 Å². The second-order valence-electron chi connectivity index (χ2n) is 9.09. The van der Waals surface area contributed by atoms with Gasteiger partial charge < -0.3 is 5.32 Å². The summed E-state index contributed by atoms with van der Waals surface area (Å²) in [6.45, 7) is 17.9. The molecule has 0 fully saturated rings. The first-order valence-electron chi connectivity index (χ1n) is 14.8. The molecule has 2 heterocycles. The molecule has 2 aromatic carbocycles. The highest BCUT2D eigenvalue weighted by atomic mass is 19.1. The first kappa shape index (κ1) is 38.1. The zero-order chi connectivity index (χ0) is 31.8. The number of hydrogen-bond acceptors (Lipinski definition) is 4. The fourth-order valence-electron chi connectivity index (χ4n) is 3.30. The quantitative estimate of drug-likeness (QED) is 0.166. The number of aromatic nitrogens is 4. The lowest BCUT2D eigenvalue weighted by molar-refractivity contribution is -0.109. The third-order valence-corrected chi connectivity index (χ3v) is 5.20. The predicted octanol–water partition coefficient (Wildman–Crippen LogP) is 8.97. The molecular formula is C34H49F2N5O. The number of rotatable bonds is 8. The van der Waals surface area contributed by atoms with E-state index in [-0.39, 0.29) is 11.6 Å². The van der Waals surface area contributed by atoms with Gasteiger partial charge in [0.2, 0.25) is 6.41 Å². The highest BCUT2D eigenvalue weighted by Crippen LogP contribution is 2.27. The van der Waals surface area contributed by atoms with Gasteiger partial charge in [0.1, 0.15) is 18.0 Å². The Kier molecular flexibility index (Phi) is 21.5. The van der Waals surface area contributed by atoms with Gasteiger partial charge in [-0.3, -0.25) is 9.48 Å². The Balaban J connectivity index is 0.000000724. The minimum atomic E-state index is -0.266. The van der Waals surface area contributed by atoms with Gasteiger partial charge in [0.05, 0.1) is 11.4 Å². The summed E-state index contributed by atoms with van der Waals surface area (Å²) in [7, 11) is 0. The molecule has 1 N–H and O–H groups in total. The Morgan fingerprint density at radius 3 is 1.67 bits per heavy atom. The van der Waals surface area contributed by atoms with E-state index in [1.807, 2.05) is 51.4 Å². The smallest absolute Gasteiger partial charge is 0.207 e. The largest absolute Gasteiger partial charge is 0.359 e. The molecule has 0 bridgehead atoms. The molecule has 2 aromatic heterocycles. The van der Waals surface area contributed by atoms with E-state index in [0.29, 0.717) is 6.41 Å². The molecule has 0 spiro atoms. The van der Waals surface area contributed by atoms with Crippen molar-refractivity contribution in [2.24, 2.45) is 0 Å². The van der Waals surface area contributed by atoms with E-state index in [0.717, 1.165) is 66.3 Å². The van der Waals surface area contributed by atoms with Crippen LogP contribution >= 0.6 is 0 Å². The van der Waals surface area contributed by atoms with E-state index < -0.39 is 0 Å². The van der Waals surface area contributed by atoms with Crippen molar-refractivity contribution >= 4 is 6.41 Å². The van der Waals surface area contributed by atoms with Crippen molar-refractivity contribution < 1.29 is 13.6 Å². The summed E-state index contributed by atoms with van der Waals surface area (Å²) in [6.07, 6.45) is 6.63. The molecule has 4 rings (SSSR count). The molecule has 6 nitrogen and oxygen atoms in total. The number of carbonyl (C=O) groups excluding carboxylic acids is 1. The van der Waals surface area contributed by atoms with E-state index in [1.54, 1.807) is 30.6 Å². The molecule has 0 aliphatic rings. The average Bonchev–Trinajstić information content (AvgIpc) is 3.42. The summed E-state index contributed by atoms with van der Waals surface area (Å²) >= 11 is 0. The molecule has 0 saturated heterocycles. The maximum absolute atomic E-state index is 13.2. The summed E-state index contributed by atoms with van der Waals surface area (Å²) in [5.41, 5.74) is 5.57. The van der Waals surface area contributed by atoms with Gasteiger partial charge in [0, 0.05) is 35.6 Å². The fraction of sp³-hybridized carbons (Fsp3) is 0.412. The minimum Gasteiger partial charge on any atom is -0.359 e. The van der Waals surface area contributed by atoms with Crippen LogP contribution in [0.5, 0.6) is 0 Å². The number of carbonyl (C=O) groups is 1. The summed E-state index contributed by atoms with van der Waals surface area (Å²) < 4.78 is 28.2. The van der Waals surface area contributed by atoms with Gasteiger partial charge in [-0.15, -0.1) is 0 Å². The molecule has 4 aromatic rings. The number of aryl methyl sites for hydroxylation is 3. The molecule has 230 valence electrons. The van der Waals surface area contributed by atoms with Gasteiger partial charge in [0.25, 0.3) is 0 Å². The van der Waals surface area contributed by atoms with Crippen molar-refractivity contribution in [3.8, 4) is 22.5 Å². The van der Waals surface area contributed by atoms with Crippen molar-refractivity contribution in [2.75, 3.05) is 6.54 Å². The summed E-state index contributed by atoms with van der Waals surface area (Å²) in [4.78, 5) is 17.3. The van der Waals surface area contributed by atoms with Gasteiger partial charge in [-0.2, -0.15) is 5.10 Å². The summed E-state index contributed by atoms with van der Waals surface area (Å²) in [5.74, 6) is -0.523. The third-order valence-electron chi connectivity index (χ3n) is 5.20. The van der Waals surface area contributed by atoms with Crippen LogP contribution < -0.4 is 5.32 Å². The minimum absolute atomic E-state index is 0.257. The normalized spacial score (nSPS) is 9.38. The molecule has 0 aliphatic carbocycles. The lowest BCUT2D eigenvalue weighted by atomic mass is 10.1. The summed E-state index contributed by atoms with van der Waals surface area (Å²) in [6, 6.07) is 16.6. The molecule has 8 heteroatoms. The van der Waals surface area contributed by atoms with Crippen LogP contribution in [0.15, 0.2) is 67.0 Å². The van der Waals surface area contributed by atoms with Crippen molar-refractivity contribution in [2.45, 2.75) is 87.6 Å². The Bertz CT molecular complexity index is 1210. The second-order valence-corrected chi connectivity index (χ2v) is 9.09. The Morgan fingerprint density at radius 2 is 1.29 bits per heavy atom. The first-order valence-corrected chi connectivity index (χ1v) is 14.8. The highest BCUT2D eigenvalue weighted by molar-refractivity contribution is 5.68. The molecule has 0 unspecified atom stereocenters. The zero-order valence-electron chi connectivity index (χ0n) is 26.6. The van der Waals surface area contributed by atoms with Crippen LogP contribution in [0.1, 0.15) is 78.6 Å². The average molecular weight is 582 g/mol. The second kappa shape index (κ2) is 23.7. The number of amides is 1. The summed E-state index contributed by atoms with van der Waals surface area (Å²) in [5, 5.41) is 7.16. The predicted molar refractivity (Wildman–Crippen MR) is 171 cm³/mol. The topological polar surface area (TPSA) is 72.7 Å². The fourth-order valence-corrected chi connectivity index (χ4v) is 3.30. The maximum atomic E-state index is 13.2. The SMILES string of the molecule is CC.CCC.CCCCn1nc(-c2ccc(F)cc2)cc1-c1ccc(F)cc1.CCCNC=O.Cc1cc(C)ncn1. The lowest BCUT2D eigenvalue weighted by Crippen LogP contribution is -2.10.